The van der Waals surface area contributed by atoms with Gasteiger partial charge in [-0.05, 0) is 43.2 Å². The molecule has 1 heterocycles. The largest absolute Gasteiger partial charge is 0.324 e. The zero-order valence-electron chi connectivity index (χ0n) is 13.9. The highest BCUT2D eigenvalue weighted by atomic mass is 35.5. The Kier molecular flexibility index (Phi) is 5.75. The van der Waals surface area contributed by atoms with Gasteiger partial charge in [0.2, 0.25) is 0 Å². The molecule has 2 aromatic carbocycles. The molecule has 0 bridgehead atoms. The fourth-order valence-corrected chi connectivity index (χ4v) is 5.00. The van der Waals surface area contributed by atoms with E-state index in [2.05, 4.69) is 5.32 Å². The van der Waals surface area contributed by atoms with Crippen molar-refractivity contribution in [1.82, 2.24) is 4.90 Å². The van der Waals surface area contributed by atoms with Gasteiger partial charge in [-0.15, -0.1) is 0 Å². The van der Waals surface area contributed by atoms with Crippen molar-refractivity contribution in [2.45, 2.75) is 23.0 Å². The maximum absolute atomic E-state index is 12.7. The smallest absolute Gasteiger partial charge is 0.321 e. The summed E-state index contributed by atoms with van der Waals surface area (Å²) in [6.45, 7) is 0.758. The normalized spacial score (nSPS) is 15.7. The van der Waals surface area contributed by atoms with Crippen LogP contribution in [0.3, 0.4) is 0 Å². The Morgan fingerprint density at radius 1 is 1.00 bits per heavy atom. The molecule has 0 aliphatic carbocycles. The van der Waals surface area contributed by atoms with E-state index < -0.39 is 15.1 Å². The number of piperidine rings is 1. The second-order valence-corrected chi connectivity index (χ2v) is 9.15. The highest BCUT2D eigenvalue weighted by molar-refractivity contribution is 7.92. The number of amides is 2. The number of carbonyl (C=O) groups excluding carboxylic acids is 1. The van der Waals surface area contributed by atoms with Crippen molar-refractivity contribution in [1.29, 1.82) is 0 Å². The van der Waals surface area contributed by atoms with Crippen LogP contribution in [0.5, 0.6) is 0 Å². The number of benzene rings is 2. The number of hydrogen-bond donors (Lipinski definition) is 1. The molecule has 0 saturated carbocycles. The molecular weight excluding hydrogens is 395 g/mol. The van der Waals surface area contributed by atoms with E-state index in [0.29, 0.717) is 46.6 Å². The first kappa shape index (κ1) is 19.0. The molecule has 0 atom stereocenters. The van der Waals surface area contributed by atoms with Crippen LogP contribution in [0.1, 0.15) is 12.8 Å². The van der Waals surface area contributed by atoms with E-state index in [1.54, 1.807) is 53.4 Å². The van der Waals surface area contributed by atoms with E-state index in [9.17, 15) is 13.2 Å². The van der Waals surface area contributed by atoms with Crippen molar-refractivity contribution in [2.75, 3.05) is 18.4 Å². The summed E-state index contributed by atoms with van der Waals surface area (Å²) in [5.74, 6) is 0. The molecular formula is C18H18Cl2N2O3S. The average Bonchev–Trinajstić information content (AvgIpc) is 2.65. The molecule has 26 heavy (non-hydrogen) atoms. The Labute approximate surface area is 162 Å². The first-order valence-corrected chi connectivity index (χ1v) is 10.5. The lowest BCUT2D eigenvalue weighted by Gasteiger charge is -2.31. The third-order valence-corrected chi connectivity index (χ3v) is 7.43. The zero-order valence-corrected chi connectivity index (χ0v) is 16.2. The lowest BCUT2D eigenvalue weighted by molar-refractivity contribution is 0.200. The molecule has 0 unspecified atom stereocenters. The van der Waals surface area contributed by atoms with E-state index in [1.807, 2.05) is 0 Å². The van der Waals surface area contributed by atoms with Crippen molar-refractivity contribution in [3.63, 3.8) is 0 Å². The quantitative estimate of drug-likeness (QED) is 0.808. The first-order valence-electron chi connectivity index (χ1n) is 8.18. The van der Waals surface area contributed by atoms with Gasteiger partial charge in [0, 0.05) is 18.8 Å². The number of anilines is 1. The fraction of sp³-hybridized carbons (Fsp3) is 0.278. The van der Waals surface area contributed by atoms with Gasteiger partial charge in [-0.1, -0.05) is 41.4 Å². The minimum atomic E-state index is -3.37. The Balaban J connectivity index is 1.61. The predicted octanol–water partition coefficient (Wildman–Crippen LogP) is 4.46. The molecule has 1 fully saturated rings. The predicted molar refractivity (Wildman–Crippen MR) is 104 cm³/mol. The number of sulfone groups is 1. The number of hydrogen-bond acceptors (Lipinski definition) is 3. The van der Waals surface area contributed by atoms with Crippen LogP contribution in [-0.4, -0.2) is 37.7 Å². The first-order chi connectivity index (χ1) is 12.4. The lowest BCUT2D eigenvalue weighted by Crippen LogP contribution is -2.44. The fourth-order valence-electron chi connectivity index (χ4n) is 2.95. The molecule has 0 aromatic heterocycles. The number of nitrogens with one attached hydrogen (secondary N) is 1. The molecule has 1 saturated heterocycles. The van der Waals surface area contributed by atoms with E-state index in [1.165, 1.54) is 0 Å². The summed E-state index contributed by atoms with van der Waals surface area (Å²) in [6, 6.07) is 13.0. The molecule has 2 aromatic rings. The Hall–Kier alpha value is -1.76. The molecule has 1 N–H and O–H groups in total. The van der Waals surface area contributed by atoms with Gasteiger partial charge < -0.3 is 10.2 Å². The summed E-state index contributed by atoms with van der Waals surface area (Å²) < 4.78 is 25.4. The Morgan fingerprint density at radius 3 is 2.27 bits per heavy atom. The molecule has 8 heteroatoms. The van der Waals surface area contributed by atoms with Gasteiger partial charge in [0.05, 0.1) is 20.2 Å². The van der Waals surface area contributed by atoms with Gasteiger partial charge in [-0.3, -0.25) is 0 Å². The molecule has 138 valence electrons. The third kappa shape index (κ3) is 4.14. The number of likely N-dealkylation sites (tertiary alicyclic amines) is 1. The second kappa shape index (κ2) is 7.86. The zero-order chi connectivity index (χ0) is 18.7. The van der Waals surface area contributed by atoms with Gasteiger partial charge in [0.1, 0.15) is 0 Å². The van der Waals surface area contributed by atoms with Crippen LogP contribution < -0.4 is 5.32 Å². The molecule has 2 amide bonds. The van der Waals surface area contributed by atoms with E-state index in [4.69, 9.17) is 23.2 Å². The Bertz CT molecular complexity index is 896. The van der Waals surface area contributed by atoms with Crippen molar-refractivity contribution in [3.8, 4) is 0 Å². The van der Waals surface area contributed by atoms with Crippen LogP contribution in [-0.2, 0) is 9.84 Å². The standard InChI is InChI=1S/C18H18Cl2N2O3S/c19-16-7-6-13(12-17(16)20)21-18(23)22-10-8-15(9-11-22)26(24,25)14-4-2-1-3-5-14/h1-7,12,15H,8-11H2,(H,21,23). The maximum atomic E-state index is 12.7. The highest BCUT2D eigenvalue weighted by Crippen LogP contribution is 2.27. The number of nitrogens with zero attached hydrogens (tertiary/aromatic N) is 1. The van der Waals surface area contributed by atoms with Gasteiger partial charge in [0.15, 0.2) is 9.84 Å². The van der Waals surface area contributed by atoms with E-state index in [-0.39, 0.29) is 6.03 Å². The van der Waals surface area contributed by atoms with Crippen LogP contribution in [0.2, 0.25) is 10.0 Å². The molecule has 1 aliphatic rings. The highest BCUT2D eigenvalue weighted by Gasteiger charge is 2.32. The van der Waals surface area contributed by atoms with Crippen LogP contribution in [0.25, 0.3) is 0 Å². The molecule has 1 aliphatic heterocycles. The van der Waals surface area contributed by atoms with Crippen LogP contribution in [0.15, 0.2) is 53.4 Å². The molecule has 5 nitrogen and oxygen atoms in total. The summed E-state index contributed by atoms with van der Waals surface area (Å²) >= 11 is 11.8. The average molecular weight is 413 g/mol. The van der Waals surface area contributed by atoms with Crippen molar-refractivity contribution in [2.24, 2.45) is 0 Å². The van der Waals surface area contributed by atoms with Gasteiger partial charge in [0.25, 0.3) is 0 Å². The van der Waals surface area contributed by atoms with Gasteiger partial charge in [-0.25, -0.2) is 13.2 Å². The molecule has 0 radical (unpaired) electrons. The van der Waals surface area contributed by atoms with Crippen molar-refractivity contribution >= 4 is 44.8 Å². The van der Waals surface area contributed by atoms with Crippen molar-refractivity contribution in [3.05, 3.63) is 58.6 Å². The summed E-state index contributed by atoms with van der Waals surface area (Å²) in [5.41, 5.74) is 0.545. The number of carbonyl (C=O) groups is 1. The van der Waals surface area contributed by atoms with E-state index in [0.717, 1.165) is 0 Å². The lowest BCUT2D eigenvalue weighted by atomic mass is 10.1. The van der Waals surface area contributed by atoms with Crippen LogP contribution in [0, 0.1) is 0 Å². The monoisotopic (exact) mass is 412 g/mol. The van der Waals surface area contributed by atoms with Gasteiger partial charge in [-0.2, -0.15) is 0 Å². The second-order valence-electron chi connectivity index (χ2n) is 6.10. The van der Waals surface area contributed by atoms with Crippen molar-refractivity contribution < 1.29 is 13.2 Å². The number of rotatable bonds is 3. The van der Waals surface area contributed by atoms with Crippen LogP contribution in [0.4, 0.5) is 10.5 Å². The van der Waals surface area contributed by atoms with Crippen LogP contribution >= 0.6 is 23.2 Å². The SMILES string of the molecule is O=C(Nc1ccc(Cl)c(Cl)c1)N1CCC(S(=O)(=O)c2ccccc2)CC1. The Morgan fingerprint density at radius 2 is 1.65 bits per heavy atom. The maximum Gasteiger partial charge on any atom is 0.321 e. The molecule has 0 spiro atoms. The summed E-state index contributed by atoms with van der Waals surface area (Å²) in [5, 5.41) is 3.06. The number of halogens is 2. The third-order valence-electron chi connectivity index (χ3n) is 4.41. The minimum absolute atomic E-state index is 0.279. The molecule has 3 rings (SSSR count). The summed E-state index contributed by atoms with van der Waals surface area (Å²) in [4.78, 5) is 14.3. The van der Waals surface area contributed by atoms with E-state index >= 15 is 0 Å². The summed E-state index contributed by atoms with van der Waals surface area (Å²) in [7, 11) is -3.37. The summed E-state index contributed by atoms with van der Waals surface area (Å²) in [6.07, 6.45) is 0.818. The minimum Gasteiger partial charge on any atom is -0.324 e. The van der Waals surface area contributed by atoms with Gasteiger partial charge >= 0.3 is 6.03 Å². The number of urea groups is 1. The topological polar surface area (TPSA) is 66.5 Å².